The average Bonchev–Trinajstić information content (AvgIpc) is 2.43. The summed E-state index contributed by atoms with van der Waals surface area (Å²) < 4.78 is 15.0. The third kappa shape index (κ3) is 4.31. The molecule has 0 aliphatic carbocycles. The van der Waals surface area contributed by atoms with E-state index in [1.807, 2.05) is 18.2 Å². The molecule has 2 aromatic rings. The molecule has 2 aromatic carbocycles. The average molecular weight is 421 g/mol. The van der Waals surface area contributed by atoms with Crippen LogP contribution < -0.4 is 0 Å². The normalized spacial score (nSPS) is 12.4. The number of rotatable bonds is 5. The van der Waals surface area contributed by atoms with Crippen molar-refractivity contribution in [2.45, 2.75) is 12.8 Å². The van der Waals surface area contributed by atoms with E-state index in [0.29, 0.717) is 22.9 Å². The lowest BCUT2D eigenvalue weighted by Gasteiger charge is -2.16. The summed E-state index contributed by atoms with van der Waals surface area (Å²) in [6.07, 6.45) is 1.59. The van der Waals surface area contributed by atoms with Gasteiger partial charge < -0.3 is 0 Å². The summed E-state index contributed by atoms with van der Waals surface area (Å²) in [6.45, 7) is 0. The summed E-state index contributed by atoms with van der Waals surface area (Å²) in [5.74, 6) is 0.111. The highest BCUT2D eigenvalue weighted by Gasteiger charge is 2.14. The molecule has 1 unspecified atom stereocenters. The van der Waals surface area contributed by atoms with Gasteiger partial charge in [0.05, 0.1) is 0 Å². The van der Waals surface area contributed by atoms with Gasteiger partial charge in [-0.25, -0.2) is 4.39 Å². The first-order valence-electron chi connectivity index (χ1n) is 6.33. The molecule has 0 aromatic heterocycles. The Labute approximate surface area is 140 Å². The van der Waals surface area contributed by atoms with Crippen LogP contribution >= 0.6 is 43.5 Å². The Morgan fingerprint density at radius 1 is 1.05 bits per heavy atom. The molecule has 0 spiro atoms. The first-order chi connectivity index (χ1) is 9.60. The zero-order valence-corrected chi connectivity index (χ0v) is 14.7. The Balaban J connectivity index is 2.11. The SMILES string of the molecule is Fc1cc(Cl)ccc1CC(CBr)Cc1ccccc1Br. The number of halogens is 4. The minimum absolute atomic E-state index is 0.226. The second kappa shape index (κ2) is 7.58. The molecule has 0 saturated carbocycles. The molecule has 0 saturated heterocycles. The van der Waals surface area contributed by atoms with Crippen molar-refractivity contribution < 1.29 is 4.39 Å². The third-order valence-electron chi connectivity index (χ3n) is 3.21. The lowest BCUT2D eigenvalue weighted by Crippen LogP contribution is -2.11. The van der Waals surface area contributed by atoms with E-state index < -0.39 is 0 Å². The summed E-state index contributed by atoms with van der Waals surface area (Å²) in [5, 5.41) is 1.27. The first-order valence-corrected chi connectivity index (χ1v) is 8.62. The van der Waals surface area contributed by atoms with E-state index in [9.17, 15) is 4.39 Å². The van der Waals surface area contributed by atoms with Crippen molar-refractivity contribution in [3.8, 4) is 0 Å². The quantitative estimate of drug-likeness (QED) is 0.518. The van der Waals surface area contributed by atoms with Gasteiger partial charge in [0.1, 0.15) is 5.82 Å². The maximum absolute atomic E-state index is 13.9. The highest BCUT2D eigenvalue weighted by molar-refractivity contribution is 9.10. The molecule has 0 aliphatic rings. The van der Waals surface area contributed by atoms with Gasteiger partial charge in [0.2, 0.25) is 0 Å². The molecule has 1 atom stereocenters. The van der Waals surface area contributed by atoms with Crippen molar-refractivity contribution >= 4 is 43.5 Å². The van der Waals surface area contributed by atoms with Crippen LogP contribution in [0.1, 0.15) is 11.1 Å². The fraction of sp³-hybridized carbons (Fsp3) is 0.250. The number of hydrogen-bond donors (Lipinski definition) is 0. The Morgan fingerprint density at radius 2 is 1.75 bits per heavy atom. The molecule has 0 amide bonds. The van der Waals surface area contributed by atoms with Gasteiger partial charge in [-0.15, -0.1) is 0 Å². The lowest BCUT2D eigenvalue weighted by molar-refractivity contribution is 0.550. The Bertz CT molecular complexity index is 586. The Morgan fingerprint density at radius 3 is 2.40 bits per heavy atom. The zero-order valence-electron chi connectivity index (χ0n) is 10.8. The van der Waals surface area contributed by atoms with E-state index in [1.165, 1.54) is 11.6 Å². The lowest BCUT2D eigenvalue weighted by atomic mass is 9.94. The molecule has 20 heavy (non-hydrogen) atoms. The summed E-state index contributed by atoms with van der Waals surface area (Å²) in [6, 6.07) is 13.0. The van der Waals surface area contributed by atoms with Gasteiger partial charge in [-0.05, 0) is 48.1 Å². The molecular weight excluding hydrogens is 406 g/mol. The van der Waals surface area contributed by atoms with Crippen molar-refractivity contribution in [2.75, 3.05) is 5.33 Å². The maximum atomic E-state index is 13.9. The van der Waals surface area contributed by atoms with Crippen molar-refractivity contribution in [1.82, 2.24) is 0 Å². The fourth-order valence-electron chi connectivity index (χ4n) is 2.15. The van der Waals surface area contributed by atoms with Crippen LogP contribution in [0.4, 0.5) is 4.39 Å². The molecule has 106 valence electrons. The van der Waals surface area contributed by atoms with Crippen LogP contribution in [0.15, 0.2) is 46.9 Å². The van der Waals surface area contributed by atoms with Gasteiger partial charge in [0.15, 0.2) is 0 Å². The predicted octanol–water partition coefficient (Wildman–Crippen LogP) is 6.04. The summed E-state index contributed by atoms with van der Waals surface area (Å²) in [5.41, 5.74) is 1.96. The molecule has 4 heteroatoms. The van der Waals surface area contributed by atoms with Crippen LogP contribution in [-0.4, -0.2) is 5.33 Å². The molecule has 0 N–H and O–H groups in total. The number of hydrogen-bond acceptors (Lipinski definition) is 0. The van der Waals surface area contributed by atoms with Crippen LogP contribution in [0.2, 0.25) is 5.02 Å². The molecular formula is C16H14Br2ClF. The smallest absolute Gasteiger partial charge is 0.127 e. The van der Waals surface area contributed by atoms with Gasteiger partial charge in [0.25, 0.3) is 0 Å². The van der Waals surface area contributed by atoms with E-state index in [0.717, 1.165) is 16.2 Å². The molecule has 2 rings (SSSR count). The van der Waals surface area contributed by atoms with Crippen LogP contribution in [0.25, 0.3) is 0 Å². The molecule has 0 nitrogen and oxygen atoms in total. The fourth-order valence-corrected chi connectivity index (χ4v) is 3.22. The van der Waals surface area contributed by atoms with E-state index in [2.05, 4.69) is 37.9 Å². The number of benzene rings is 2. The first kappa shape index (κ1) is 16.0. The highest BCUT2D eigenvalue weighted by Crippen LogP contribution is 2.24. The maximum Gasteiger partial charge on any atom is 0.127 e. The van der Waals surface area contributed by atoms with E-state index in [4.69, 9.17) is 11.6 Å². The van der Waals surface area contributed by atoms with E-state index in [-0.39, 0.29) is 5.82 Å². The van der Waals surface area contributed by atoms with Gasteiger partial charge in [-0.2, -0.15) is 0 Å². The second-order valence-corrected chi connectivity index (χ2v) is 6.69. The van der Waals surface area contributed by atoms with E-state index >= 15 is 0 Å². The predicted molar refractivity (Wildman–Crippen MR) is 90.2 cm³/mol. The van der Waals surface area contributed by atoms with E-state index in [1.54, 1.807) is 12.1 Å². The van der Waals surface area contributed by atoms with Crippen molar-refractivity contribution in [3.63, 3.8) is 0 Å². The van der Waals surface area contributed by atoms with Crippen LogP contribution in [0.3, 0.4) is 0 Å². The van der Waals surface area contributed by atoms with Crippen molar-refractivity contribution in [1.29, 1.82) is 0 Å². The molecule has 0 heterocycles. The Hall–Kier alpha value is -0.380. The number of alkyl halides is 1. The van der Waals surface area contributed by atoms with Crippen LogP contribution in [0, 0.1) is 11.7 Å². The third-order valence-corrected chi connectivity index (χ3v) is 5.13. The topological polar surface area (TPSA) is 0 Å². The molecule has 0 radical (unpaired) electrons. The molecule has 0 fully saturated rings. The van der Waals surface area contributed by atoms with Gasteiger partial charge in [0, 0.05) is 14.8 Å². The van der Waals surface area contributed by atoms with Crippen LogP contribution in [0.5, 0.6) is 0 Å². The van der Waals surface area contributed by atoms with Gasteiger partial charge in [-0.1, -0.05) is 67.7 Å². The van der Waals surface area contributed by atoms with Gasteiger partial charge in [-0.3, -0.25) is 0 Å². The zero-order chi connectivity index (χ0) is 14.5. The van der Waals surface area contributed by atoms with Crippen molar-refractivity contribution in [3.05, 3.63) is 68.9 Å². The second-order valence-electron chi connectivity index (χ2n) is 4.76. The minimum Gasteiger partial charge on any atom is -0.207 e. The highest BCUT2D eigenvalue weighted by atomic mass is 79.9. The molecule has 0 bridgehead atoms. The van der Waals surface area contributed by atoms with Crippen molar-refractivity contribution in [2.24, 2.45) is 5.92 Å². The summed E-state index contributed by atoms with van der Waals surface area (Å²) in [4.78, 5) is 0. The van der Waals surface area contributed by atoms with Crippen LogP contribution in [-0.2, 0) is 12.8 Å². The monoisotopic (exact) mass is 418 g/mol. The standard InChI is InChI=1S/C16H14Br2ClF/c17-10-11(7-12-3-1-2-4-15(12)18)8-13-5-6-14(19)9-16(13)20/h1-6,9,11H,7-8,10H2. The minimum atomic E-state index is -0.226. The molecule has 0 aliphatic heterocycles. The largest absolute Gasteiger partial charge is 0.207 e. The summed E-state index contributed by atoms with van der Waals surface area (Å²) in [7, 11) is 0. The van der Waals surface area contributed by atoms with Gasteiger partial charge >= 0.3 is 0 Å². The summed E-state index contributed by atoms with van der Waals surface area (Å²) >= 11 is 12.9. The Kier molecular flexibility index (Phi) is 6.06.